The molecule has 0 aromatic heterocycles. The molecule has 7 nitrogen and oxygen atoms in total. The lowest BCUT2D eigenvalue weighted by atomic mass is 9.96. The number of ether oxygens (including phenoxy) is 3. The summed E-state index contributed by atoms with van der Waals surface area (Å²) in [5.74, 6) is -0.294. The van der Waals surface area contributed by atoms with Gasteiger partial charge in [0, 0.05) is 12.3 Å². The number of rotatable bonds is 8. The number of hydrogen-bond acceptors (Lipinski definition) is 6. The minimum Gasteiger partial charge on any atom is -0.394 e. The molecule has 1 heterocycles. The van der Waals surface area contributed by atoms with Gasteiger partial charge in [0.05, 0.1) is 19.8 Å². The number of alkyl halides is 1. The number of hydrogen-bond donors (Lipinski definition) is 3. The summed E-state index contributed by atoms with van der Waals surface area (Å²) in [6, 6.07) is -0.681. The summed E-state index contributed by atoms with van der Waals surface area (Å²) in [7, 11) is 0. The third kappa shape index (κ3) is 5.32. The summed E-state index contributed by atoms with van der Waals surface area (Å²) in [5, 5.41) is 22.8. The van der Waals surface area contributed by atoms with E-state index in [1.165, 1.54) is 13.0 Å². The summed E-state index contributed by atoms with van der Waals surface area (Å²) in [5.41, 5.74) is 0. The van der Waals surface area contributed by atoms with E-state index in [9.17, 15) is 15.0 Å². The fourth-order valence-electron chi connectivity index (χ4n) is 2.14. The lowest BCUT2D eigenvalue weighted by molar-refractivity contribution is -0.274. The first-order chi connectivity index (χ1) is 10.0. The van der Waals surface area contributed by atoms with Crippen molar-refractivity contribution in [1.29, 1.82) is 0 Å². The van der Waals surface area contributed by atoms with Crippen LogP contribution in [-0.4, -0.2) is 71.9 Å². The van der Waals surface area contributed by atoms with Gasteiger partial charge in [0.2, 0.25) is 5.91 Å². The van der Waals surface area contributed by atoms with Gasteiger partial charge in [-0.25, -0.2) is 0 Å². The lowest BCUT2D eigenvalue weighted by Gasteiger charge is -2.44. The van der Waals surface area contributed by atoms with E-state index in [1.54, 1.807) is 0 Å². The number of halogens is 1. The second-order valence-corrected chi connectivity index (χ2v) is 5.38. The standard InChI is InChI=1S/C13H22BrNO6/c1-3-5-19-12-10(15-8(2)17)13(20-6-4-14)21-9(7-16)11(12)18/h3,9-13,16,18H,1,4-7H2,2H3,(H,15,17)/t9-,10-,11-,12-,13-/m1/s1. The van der Waals surface area contributed by atoms with Crippen LogP contribution in [0.15, 0.2) is 12.7 Å². The largest absolute Gasteiger partial charge is 0.394 e. The lowest BCUT2D eigenvalue weighted by Crippen LogP contribution is -2.65. The Hall–Kier alpha value is -0.510. The predicted octanol–water partition coefficient (Wildman–Crippen LogP) is -0.448. The fourth-order valence-corrected chi connectivity index (χ4v) is 2.32. The van der Waals surface area contributed by atoms with E-state index >= 15 is 0 Å². The molecule has 122 valence electrons. The summed E-state index contributed by atoms with van der Waals surface area (Å²) in [4.78, 5) is 11.4. The van der Waals surface area contributed by atoms with Crippen LogP contribution in [0.4, 0.5) is 0 Å². The Morgan fingerprint density at radius 1 is 1.52 bits per heavy atom. The molecular weight excluding hydrogens is 346 g/mol. The Labute approximate surface area is 132 Å². The van der Waals surface area contributed by atoms with Gasteiger partial charge in [-0.15, -0.1) is 6.58 Å². The Morgan fingerprint density at radius 3 is 2.76 bits per heavy atom. The van der Waals surface area contributed by atoms with Gasteiger partial charge in [-0.2, -0.15) is 0 Å². The van der Waals surface area contributed by atoms with Crippen molar-refractivity contribution in [2.45, 2.75) is 37.6 Å². The molecule has 0 radical (unpaired) electrons. The Balaban J connectivity index is 2.91. The molecule has 1 rings (SSSR count). The van der Waals surface area contributed by atoms with Crippen LogP contribution in [0.3, 0.4) is 0 Å². The maximum Gasteiger partial charge on any atom is 0.217 e. The van der Waals surface area contributed by atoms with Gasteiger partial charge in [0.1, 0.15) is 24.4 Å². The van der Waals surface area contributed by atoms with E-state index in [4.69, 9.17) is 14.2 Å². The molecular formula is C13H22BrNO6. The Morgan fingerprint density at radius 2 is 2.24 bits per heavy atom. The molecule has 1 fully saturated rings. The molecule has 1 aliphatic heterocycles. The molecule has 0 aliphatic carbocycles. The van der Waals surface area contributed by atoms with Gasteiger partial charge in [-0.05, 0) is 0 Å². The van der Waals surface area contributed by atoms with Gasteiger partial charge in [-0.1, -0.05) is 22.0 Å². The van der Waals surface area contributed by atoms with Gasteiger partial charge < -0.3 is 29.7 Å². The van der Waals surface area contributed by atoms with E-state index in [0.717, 1.165) is 0 Å². The van der Waals surface area contributed by atoms with Gasteiger partial charge in [0.25, 0.3) is 0 Å². The van der Waals surface area contributed by atoms with E-state index in [-0.39, 0.29) is 19.1 Å². The van der Waals surface area contributed by atoms with Crippen LogP contribution in [0.1, 0.15) is 6.92 Å². The molecule has 1 aliphatic rings. The molecule has 0 bridgehead atoms. The molecule has 0 aromatic carbocycles. The first-order valence-corrected chi connectivity index (χ1v) is 7.78. The topological polar surface area (TPSA) is 97.2 Å². The van der Waals surface area contributed by atoms with E-state index in [0.29, 0.717) is 11.9 Å². The highest BCUT2D eigenvalue weighted by molar-refractivity contribution is 9.09. The van der Waals surface area contributed by atoms with Gasteiger partial charge >= 0.3 is 0 Å². The van der Waals surface area contributed by atoms with Crippen LogP contribution in [-0.2, 0) is 19.0 Å². The molecule has 5 atom stereocenters. The van der Waals surface area contributed by atoms with Crippen LogP contribution < -0.4 is 5.32 Å². The van der Waals surface area contributed by atoms with Crippen molar-refractivity contribution < 1.29 is 29.2 Å². The van der Waals surface area contributed by atoms with Crippen molar-refractivity contribution in [1.82, 2.24) is 5.32 Å². The summed E-state index contributed by atoms with van der Waals surface area (Å²) in [6.07, 6.45) is -1.98. The number of nitrogens with one attached hydrogen (secondary N) is 1. The van der Waals surface area contributed by atoms with Crippen LogP contribution in [0.2, 0.25) is 0 Å². The van der Waals surface area contributed by atoms with Crippen molar-refractivity contribution >= 4 is 21.8 Å². The van der Waals surface area contributed by atoms with Crippen molar-refractivity contribution in [2.75, 3.05) is 25.2 Å². The van der Waals surface area contributed by atoms with E-state index in [1.807, 2.05) is 0 Å². The van der Waals surface area contributed by atoms with E-state index < -0.39 is 30.6 Å². The first-order valence-electron chi connectivity index (χ1n) is 6.66. The number of aliphatic hydroxyl groups excluding tert-OH is 2. The Kier molecular flexibility index (Phi) is 8.38. The maximum absolute atomic E-state index is 11.4. The summed E-state index contributed by atoms with van der Waals surface area (Å²) >= 11 is 3.24. The maximum atomic E-state index is 11.4. The smallest absolute Gasteiger partial charge is 0.217 e. The van der Waals surface area contributed by atoms with Crippen LogP contribution in [0.25, 0.3) is 0 Å². The van der Waals surface area contributed by atoms with Crippen LogP contribution >= 0.6 is 15.9 Å². The van der Waals surface area contributed by atoms with Crippen molar-refractivity contribution in [3.05, 3.63) is 12.7 Å². The minimum atomic E-state index is -1.09. The molecule has 0 aromatic rings. The molecule has 0 saturated carbocycles. The van der Waals surface area contributed by atoms with Crippen molar-refractivity contribution in [2.24, 2.45) is 0 Å². The highest BCUT2D eigenvalue weighted by Gasteiger charge is 2.46. The zero-order valence-corrected chi connectivity index (χ0v) is 13.5. The predicted molar refractivity (Wildman–Crippen MR) is 79.0 cm³/mol. The molecule has 1 amide bonds. The highest BCUT2D eigenvalue weighted by atomic mass is 79.9. The van der Waals surface area contributed by atoms with E-state index in [2.05, 4.69) is 27.8 Å². The molecule has 8 heteroatoms. The Bertz CT molecular complexity index is 343. The third-order valence-electron chi connectivity index (χ3n) is 2.99. The normalized spacial score (nSPS) is 32.7. The monoisotopic (exact) mass is 367 g/mol. The SMILES string of the molecule is C=CCO[C@H]1[C@H](O)[C@@H](CO)O[C@@H](OCCBr)[C@@H]1NC(C)=O. The number of amides is 1. The molecule has 0 unspecified atom stereocenters. The second-order valence-electron chi connectivity index (χ2n) is 4.59. The van der Waals surface area contributed by atoms with Crippen molar-refractivity contribution in [3.63, 3.8) is 0 Å². The zero-order valence-electron chi connectivity index (χ0n) is 11.9. The van der Waals surface area contributed by atoms with Crippen LogP contribution in [0.5, 0.6) is 0 Å². The number of carbonyl (C=O) groups is 1. The zero-order chi connectivity index (χ0) is 15.8. The fraction of sp³-hybridized carbons (Fsp3) is 0.769. The molecule has 0 spiro atoms. The molecule has 21 heavy (non-hydrogen) atoms. The molecule has 3 N–H and O–H groups in total. The van der Waals surface area contributed by atoms with Gasteiger partial charge in [0.15, 0.2) is 6.29 Å². The van der Waals surface area contributed by atoms with Gasteiger partial charge in [-0.3, -0.25) is 4.79 Å². The number of carbonyl (C=O) groups excluding carboxylic acids is 1. The molecule has 1 saturated heterocycles. The average Bonchev–Trinajstić information content (AvgIpc) is 2.45. The minimum absolute atomic E-state index is 0.196. The van der Waals surface area contributed by atoms with Crippen molar-refractivity contribution in [3.8, 4) is 0 Å². The quantitative estimate of drug-likeness (QED) is 0.397. The third-order valence-corrected chi connectivity index (χ3v) is 3.31. The first kappa shape index (κ1) is 18.5. The second kappa shape index (κ2) is 9.50. The summed E-state index contributed by atoms with van der Waals surface area (Å²) in [6.45, 7) is 5.08. The van der Waals surface area contributed by atoms with Crippen LogP contribution in [0, 0.1) is 0 Å². The number of aliphatic hydroxyl groups is 2. The highest BCUT2D eigenvalue weighted by Crippen LogP contribution is 2.24. The average molecular weight is 368 g/mol. The summed E-state index contributed by atoms with van der Waals surface area (Å²) < 4.78 is 16.6.